The normalized spacial score (nSPS) is 10.8. The number of nitrogen functional groups attached to an aromatic ring is 1. The van der Waals surface area contributed by atoms with Gasteiger partial charge in [-0.2, -0.15) is 5.26 Å². The van der Waals surface area contributed by atoms with Crippen LogP contribution < -0.4 is 17.0 Å². The van der Waals surface area contributed by atoms with Crippen LogP contribution in [-0.4, -0.2) is 31.5 Å². The summed E-state index contributed by atoms with van der Waals surface area (Å²) < 4.78 is 27.0. The van der Waals surface area contributed by atoms with Crippen LogP contribution in [0.25, 0.3) is 89.6 Å². The monoisotopic (exact) mass is 1180 g/mol. The van der Waals surface area contributed by atoms with Gasteiger partial charge in [0.2, 0.25) is 17.3 Å². The lowest BCUT2D eigenvalue weighted by molar-refractivity contribution is -0.122. The highest BCUT2D eigenvalue weighted by atomic mass is 36.0. The number of anilines is 1. The molecule has 0 unspecified atom stereocenters. The minimum atomic E-state index is -3.22. The van der Waals surface area contributed by atoms with Gasteiger partial charge in [-0.3, -0.25) is 14.2 Å². The Bertz CT molecular complexity index is 4070. The second-order valence-electron chi connectivity index (χ2n) is 16.9. The molecule has 0 amide bonds. The molecule has 14 nitrogen and oxygen atoms in total. The summed E-state index contributed by atoms with van der Waals surface area (Å²) >= 11 is 20.2. The van der Waals surface area contributed by atoms with Crippen molar-refractivity contribution in [3.8, 4) is 73.4 Å². The van der Waals surface area contributed by atoms with Crippen LogP contribution in [0.3, 0.4) is 0 Å². The molecule has 0 radical (unpaired) electrons. The lowest BCUT2D eigenvalue weighted by Crippen LogP contribution is -2.05. The number of nitrogens with one attached hydrogen (secondary N) is 1. The van der Waals surface area contributed by atoms with E-state index in [4.69, 9.17) is 46.2 Å². The largest absolute Gasteiger partial charge is 0.483 e. The molecule has 1 atom stereocenters. The van der Waals surface area contributed by atoms with Crippen LogP contribution in [0.2, 0.25) is 5.15 Å². The smallest absolute Gasteiger partial charge is 0.339 e. The van der Waals surface area contributed by atoms with Crippen LogP contribution in [0.15, 0.2) is 243 Å². The number of hydrogen-bond donors (Lipinski definition) is 4. The van der Waals surface area contributed by atoms with Crippen LogP contribution in [0.5, 0.6) is 0 Å². The van der Waals surface area contributed by atoms with E-state index in [-0.39, 0.29) is 25.4 Å². The summed E-state index contributed by atoms with van der Waals surface area (Å²) in [6.07, 6.45) is 2.77. The molecule has 0 saturated carbocycles. The number of rotatable bonds is 7. The Morgan fingerprint density at radius 3 is 1.28 bits per heavy atom. The minimum absolute atomic E-state index is 0. The summed E-state index contributed by atoms with van der Waals surface area (Å²) in [5, 5.41) is 14.6. The maximum absolute atomic E-state index is 12.3. The van der Waals surface area contributed by atoms with Crippen LogP contribution in [-0.2, 0) is 9.36 Å². The maximum atomic E-state index is 12.3. The molecule has 0 fully saturated rings. The lowest BCUT2D eigenvalue weighted by atomic mass is 9.98. The molecule has 0 aliphatic carbocycles. The minimum Gasteiger partial charge on any atom is -0.483 e. The number of benzene rings is 7. The summed E-state index contributed by atoms with van der Waals surface area (Å²) in [7, 11) is 0. The van der Waals surface area contributed by atoms with E-state index in [1.807, 2.05) is 219 Å². The van der Waals surface area contributed by atoms with Crippen molar-refractivity contribution in [2.75, 3.05) is 5.73 Å². The van der Waals surface area contributed by atoms with Gasteiger partial charge in [-0.15, -0.1) is 0 Å². The Balaban J connectivity index is 0.000000173. The van der Waals surface area contributed by atoms with Gasteiger partial charge in [0.05, 0.1) is 11.7 Å². The topological polar surface area (TPSA) is 241 Å². The predicted octanol–water partition coefficient (Wildman–Crippen LogP) is 17.6. The predicted molar refractivity (Wildman–Crippen MR) is 327 cm³/mol. The van der Waals surface area contributed by atoms with E-state index < -0.39 is 5.20 Å². The summed E-state index contributed by atoms with van der Waals surface area (Å²) in [4.78, 5) is 35.7. The van der Waals surface area contributed by atoms with Crippen LogP contribution >= 0.6 is 50.5 Å². The van der Waals surface area contributed by atoms with Gasteiger partial charge >= 0.3 is 5.20 Å². The number of aromatic amines is 1. The van der Waals surface area contributed by atoms with Crippen molar-refractivity contribution in [1.29, 1.82) is 5.26 Å². The van der Waals surface area contributed by atoms with E-state index in [0.717, 1.165) is 61.2 Å². The second-order valence-corrected chi connectivity index (χ2v) is 23.9. The molecule has 7 aromatic carbocycles. The van der Waals surface area contributed by atoms with Crippen LogP contribution in [0.1, 0.15) is 25.5 Å². The third kappa shape index (κ3) is 16.1. The first-order valence-electron chi connectivity index (χ1n) is 24.4. The Morgan fingerprint density at radius 1 is 0.580 bits per heavy atom. The third-order valence-corrected chi connectivity index (χ3v) is 11.9. The van der Waals surface area contributed by atoms with Gasteiger partial charge in [0.25, 0.3) is 12.0 Å². The molecule has 12 rings (SSSR count). The molecular formula is C62H50Cl4N7O7P. The number of carbonyl (C=O) groups is 1. The van der Waals surface area contributed by atoms with E-state index >= 15 is 0 Å². The lowest BCUT2D eigenvalue weighted by Gasteiger charge is -2.03. The Hall–Kier alpha value is -9.03. The van der Waals surface area contributed by atoms with Crippen molar-refractivity contribution >= 4 is 85.1 Å². The molecule has 0 aliphatic rings. The van der Waals surface area contributed by atoms with E-state index in [2.05, 4.69) is 59.7 Å². The Morgan fingerprint density at radius 2 is 0.914 bits per heavy atom. The first-order valence-corrected chi connectivity index (χ1v) is 29.2. The molecule has 0 bridgehead atoms. The third-order valence-electron chi connectivity index (χ3n) is 11.6. The Kier molecular flexibility index (Phi) is 21.5. The number of nitrogens with two attached hydrogens (primary N) is 2. The first kappa shape index (κ1) is 59.6. The number of H-pyrrole nitrogens is 1. The van der Waals surface area contributed by atoms with Gasteiger partial charge in [0.15, 0.2) is 0 Å². The summed E-state index contributed by atoms with van der Waals surface area (Å²) in [6, 6.07) is 71.1. The molecule has 12 aromatic rings. The molecule has 5 aromatic heterocycles. The van der Waals surface area contributed by atoms with Crippen LogP contribution in [0.4, 0.5) is 5.88 Å². The molecule has 19 heteroatoms. The molecular weight excluding hydrogens is 1130 g/mol. The fraction of sp³-hybridized carbons (Fsp3) is 0.0323. The van der Waals surface area contributed by atoms with Crippen molar-refractivity contribution < 1.29 is 29.1 Å². The van der Waals surface area contributed by atoms with E-state index in [1.165, 1.54) is 18.2 Å². The number of halogens is 4. The summed E-state index contributed by atoms with van der Waals surface area (Å²) in [5.74, 6) is 2.20. The number of hydrogen-bond acceptors (Lipinski definition) is 12. The van der Waals surface area contributed by atoms with Crippen molar-refractivity contribution in [3.05, 3.63) is 252 Å². The van der Waals surface area contributed by atoms with Crippen molar-refractivity contribution in [3.63, 3.8) is 0 Å². The van der Waals surface area contributed by atoms with Gasteiger partial charge in [-0.1, -0.05) is 224 Å². The maximum Gasteiger partial charge on any atom is 0.339 e. The van der Waals surface area contributed by atoms with E-state index in [1.54, 1.807) is 0 Å². The van der Waals surface area contributed by atoms with Crippen LogP contribution in [0, 0.1) is 11.3 Å². The van der Waals surface area contributed by atoms with Gasteiger partial charge in [0.1, 0.15) is 45.8 Å². The quantitative estimate of drug-likeness (QED) is 0.0660. The average Bonchev–Trinajstić information content (AvgIpc) is 4.22. The summed E-state index contributed by atoms with van der Waals surface area (Å²) in [6.45, 7) is 1.73. The zero-order valence-corrected chi connectivity index (χ0v) is 46.7. The molecule has 0 aliphatic heterocycles. The highest BCUT2D eigenvalue weighted by molar-refractivity contribution is 8.24. The first-order chi connectivity index (χ1) is 39.2. The zero-order chi connectivity index (χ0) is 57.7. The Labute approximate surface area is 486 Å². The number of aromatic nitrogens is 4. The molecule has 0 spiro atoms. The second kappa shape index (κ2) is 29.3. The van der Waals surface area contributed by atoms with Crippen molar-refractivity contribution in [2.45, 2.75) is 13.0 Å². The number of nitrogens with zero attached hydrogens (tertiary/aromatic N) is 4. The number of furan rings is 3. The molecule has 0 saturated heterocycles. The highest BCUT2D eigenvalue weighted by Gasteiger charge is 2.23. The van der Waals surface area contributed by atoms with Gasteiger partial charge in [0, 0.05) is 40.8 Å². The molecule has 6 N–H and O–H groups in total. The summed E-state index contributed by atoms with van der Waals surface area (Å²) in [5.41, 5.74) is 21.8. The standard InChI is InChI=1S/C18H11ClN2O.C18H12N2O2.C17H12N2O.C8H11N.CH2O2.Cl3OP.H2/c19-17-15-14(12-7-3-1-4-8-12)16(13-9-5-2-6-10-13)22-18(15)21-11-20-17;21-17-15-14(12-7-3-1-4-8-12)16(13-9-5-2-6-10-13)22-18(15)20-11-19-17;18-11-14-15(12-7-3-1-4-8-12)16(20-17(14)19)13-9-5-2-6-10-13;1-7(9)8-5-3-2-4-6-8;2-1-3;1-5(2,3)4;/h1-11H;1-11H,(H,19,20,21);1-10H,19H2;2-7H,9H2,1H3;1H,(H,2,3);;1H/t;;;7-;;;/m...1.../s1. The van der Waals surface area contributed by atoms with Crippen molar-refractivity contribution in [1.82, 2.24) is 19.9 Å². The zero-order valence-electron chi connectivity index (χ0n) is 42.8. The number of fused-ring (bicyclic) bond motifs is 2. The molecule has 81 heavy (non-hydrogen) atoms. The van der Waals surface area contributed by atoms with Crippen molar-refractivity contribution in [2.24, 2.45) is 5.73 Å². The van der Waals surface area contributed by atoms with Gasteiger partial charge < -0.3 is 34.8 Å². The highest BCUT2D eigenvalue weighted by Crippen LogP contribution is 2.61. The van der Waals surface area contributed by atoms with E-state index in [9.17, 15) is 14.6 Å². The number of carboxylic acid groups (broad SMARTS) is 1. The SMILES string of the molecule is C[C@@H](N)c1ccccc1.Clc1ncnc2oc(-c3ccccc3)c(-c3ccccc3)c12.N#Cc1c(N)oc(-c2ccccc2)c1-c1ccccc1.O=CO.O=P(Cl)(Cl)Cl.O=c1[nH]cnc2oc(-c3ccccc3)c(-c3ccccc3)c12.[HH]. The fourth-order valence-electron chi connectivity index (χ4n) is 8.18. The molecule has 408 valence electrons. The fourth-order valence-corrected chi connectivity index (χ4v) is 8.39. The van der Waals surface area contributed by atoms with Gasteiger partial charge in [-0.05, 0) is 62.9 Å². The van der Waals surface area contributed by atoms with E-state index in [0.29, 0.717) is 39.1 Å². The van der Waals surface area contributed by atoms with Gasteiger partial charge in [-0.25, -0.2) is 15.0 Å². The molecule has 5 heterocycles. The average molecular weight is 1180 g/mol. The number of nitriles is 1.